The quantitative estimate of drug-likeness (QED) is 0.431. The lowest BCUT2D eigenvalue weighted by Crippen LogP contribution is -2.46. The molecule has 194 valence electrons. The third-order valence-corrected chi connectivity index (χ3v) is 6.62. The maximum Gasteiger partial charge on any atom is 0.333 e. The number of rotatable bonds is 9. The van der Waals surface area contributed by atoms with E-state index in [-0.39, 0.29) is 24.3 Å². The number of carbonyl (C=O) groups excluding carboxylic acids is 3. The number of nitrogens with zero attached hydrogens (tertiary/aromatic N) is 2. The van der Waals surface area contributed by atoms with Gasteiger partial charge in [-0.1, -0.05) is 30.3 Å². The van der Waals surface area contributed by atoms with Gasteiger partial charge < -0.3 is 20.1 Å². The van der Waals surface area contributed by atoms with Gasteiger partial charge in [-0.3, -0.25) is 19.5 Å². The highest BCUT2D eigenvalue weighted by atomic mass is 16.5. The van der Waals surface area contributed by atoms with Gasteiger partial charge in [-0.15, -0.1) is 0 Å². The van der Waals surface area contributed by atoms with Crippen LogP contribution in [0.4, 0.5) is 0 Å². The van der Waals surface area contributed by atoms with Crippen LogP contribution in [0.2, 0.25) is 0 Å². The summed E-state index contributed by atoms with van der Waals surface area (Å²) in [6.45, 7) is 1.88. The van der Waals surface area contributed by atoms with Crippen LogP contribution in [-0.2, 0) is 25.7 Å². The molecule has 0 spiro atoms. The zero-order chi connectivity index (χ0) is 26.2. The molecular formula is C28H32N4O5. The molecule has 0 bridgehead atoms. The molecule has 1 aliphatic heterocycles. The van der Waals surface area contributed by atoms with E-state index < -0.39 is 12.0 Å². The Morgan fingerprint density at radius 2 is 1.81 bits per heavy atom. The van der Waals surface area contributed by atoms with Crippen molar-refractivity contribution in [1.82, 2.24) is 20.5 Å². The lowest BCUT2D eigenvalue weighted by atomic mass is 9.95. The van der Waals surface area contributed by atoms with E-state index in [1.54, 1.807) is 19.4 Å². The first kappa shape index (κ1) is 26.1. The predicted molar refractivity (Wildman–Crippen MR) is 139 cm³/mol. The first-order chi connectivity index (χ1) is 18.0. The summed E-state index contributed by atoms with van der Waals surface area (Å²) in [5, 5.41) is 6.58. The monoisotopic (exact) mass is 504 g/mol. The van der Waals surface area contributed by atoms with Gasteiger partial charge in [0.1, 0.15) is 5.75 Å². The average Bonchev–Trinajstić information content (AvgIpc) is 2.94. The van der Waals surface area contributed by atoms with Crippen LogP contribution >= 0.6 is 0 Å². The Morgan fingerprint density at radius 1 is 1.05 bits per heavy atom. The van der Waals surface area contributed by atoms with Crippen LogP contribution in [0.25, 0.3) is 10.9 Å². The van der Waals surface area contributed by atoms with E-state index in [1.807, 2.05) is 53.4 Å². The van der Waals surface area contributed by atoms with Crippen molar-refractivity contribution in [2.45, 2.75) is 25.4 Å². The predicted octanol–water partition coefficient (Wildman–Crippen LogP) is 2.60. The van der Waals surface area contributed by atoms with E-state index in [4.69, 9.17) is 9.47 Å². The molecule has 0 aliphatic carbocycles. The van der Waals surface area contributed by atoms with Gasteiger partial charge in [0.05, 0.1) is 26.3 Å². The van der Waals surface area contributed by atoms with Crippen molar-refractivity contribution in [3.63, 3.8) is 0 Å². The van der Waals surface area contributed by atoms with Gasteiger partial charge in [0, 0.05) is 29.6 Å². The number of hydrogen-bond acceptors (Lipinski definition) is 7. The summed E-state index contributed by atoms with van der Waals surface area (Å²) < 4.78 is 10.2. The van der Waals surface area contributed by atoms with E-state index in [0.29, 0.717) is 43.8 Å². The average molecular weight is 505 g/mol. The number of benzene rings is 2. The molecule has 1 unspecified atom stereocenters. The number of carbonyl (C=O) groups is 3. The van der Waals surface area contributed by atoms with Crippen molar-refractivity contribution in [2.75, 3.05) is 33.9 Å². The minimum Gasteiger partial charge on any atom is -0.497 e. The van der Waals surface area contributed by atoms with Crippen LogP contribution in [0, 0.1) is 5.92 Å². The smallest absolute Gasteiger partial charge is 0.333 e. The largest absolute Gasteiger partial charge is 0.497 e. The highest BCUT2D eigenvalue weighted by molar-refractivity contribution is 5.88. The van der Waals surface area contributed by atoms with Gasteiger partial charge in [-0.2, -0.15) is 0 Å². The number of esters is 1. The number of aromatic nitrogens is 1. The molecule has 4 rings (SSSR count). The van der Waals surface area contributed by atoms with Crippen LogP contribution in [0.5, 0.6) is 5.75 Å². The lowest BCUT2D eigenvalue weighted by Gasteiger charge is -2.31. The summed E-state index contributed by atoms with van der Waals surface area (Å²) in [6.07, 6.45) is 2.91. The molecule has 9 nitrogen and oxygen atoms in total. The van der Waals surface area contributed by atoms with E-state index >= 15 is 0 Å². The molecule has 0 radical (unpaired) electrons. The molecule has 37 heavy (non-hydrogen) atoms. The minimum absolute atomic E-state index is 0.0409. The van der Waals surface area contributed by atoms with E-state index in [0.717, 1.165) is 16.5 Å². The second-order valence-corrected chi connectivity index (χ2v) is 9.10. The van der Waals surface area contributed by atoms with Crippen molar-refractivity contribution < 1.29 is 23.9 Å². The Labute approximate surface area is 216 Å². The van der Waals surface area contributed by atoms with Crippen molar-refractivity contribution in [3.8, 4) is 5.75 Å². The fourth-order valence-corrected chi connectivity index (χ4v) is 4.50. The number of likely N-dealkylation sites (tertiary alicyclic amines) is 1. The van der Waals surface area contributed by atoms with Crippen molar-refractivity contribution in [1.29, 1.82) is 0 Å². The summed E-state index contributed by atoms with van der Waals surface area (Å²) in [7, 11) is 2.86. The van der Waals surface area contributed by atoms with E-state index in [2.05, 4.69) is 15.6 Å². The summed E-state index contributed by atoms with van der Waals surface area (Å²) >= 11 is 0. The summed E-state index contributed by atoms with van der Waals surface area (Å²) in [4.78, 5) is 44.4. The number of methoxy groups -OCH3 is 2. The number of ether oxygens (including phenoxy) is 2. The Balaban J connectivity index is 1.31. The fraction of sp³-hybridized carbons (Fsp3) is 0.357. The number of pyridine rings is 1. The maximum atomic E-state index is 12.9. The molecule has 9 heteroatoms. The number of piperidine rings is 1. The van der Waals surface area contributed by atoms with Gasteiger partial charge in [0.15, 0.2) is 6.04 Å². The SMILES string of the molecule is COC(=O)C(NC(=O)CN1CCC(C(=O)NCc2ccccc2)CC1)c1cnc2ccc(OC)cc2c1. The number of hydrogen-bond donors (Lipinski definition) is 2. The Bertz CT molecular complexity index is 1240. The molecule has 1 aliphatic rings. The number of nitrogens with one attached hydrogen (secondary N) is 2. The molecule has 1 saturated heterocycles. The minimum atomic E-state index is -0.984. The fourth-order valence-electron chi connectivity index (χ4n) is 4.50. The molecule has 1 fully saturated rings. The molecular weight excluding hydrogens is 472 g/mol. The molecule has 2 heterocycles. The topological polar surface area (TPSA) is 110 Å². The standard InChI is InChI=1S/C28H32N4O5/c1-36-23-8-9-24-21(15-23)14-22(17-29-24)26(28(35)37-2)31-25(33)18-32-12-10-20(11-13-32)27(34)30-16-19-6-4-3-5-7-19/h3-9,14-15,17,20,26H,10-13,16,18H2,1-2H3,(H,30,34)(H,31,33). The van der Waals surface area contributed by atoms with Gasteiger partial charge in [-0.05, 0) is 55.8 Å². The first-order valence-electron chi connectivity index (χ1n) is 12.3. The zero-order valence-electron chi connectivity index (χ0n) is 21.1. The van der Waals surface area contributed by atoms with Crippen molar-refractivity contribution in [2.24, 2.45) is 5.92 Å². The number of fused-ring (bicyclic) bond motifs is 1. The van der Waals surface area contributed by atoms with E-state index in [9.17, 15) is 14.4 Å². The molecule has 2 amide bonds. The molecule has 3 aromatic rings. The third kappa shape index (κ3) is 6.83. The highest BCUT2D eigenvalue weighted by Crippen LogP contribution is 2.24. The lowest BCUT2D eigenvalue weighted by molar-refractivity contribution is -0.145. The number of amides is 2. The Kier molecular flexibility index (Phi) is 8.68. The molecule has 0 saturated carbocycles. The van der Waals surface area contributed by atoms with Crippen LogP contribution in [0.1, 0.15) is 30.0 Å². The van der Waals surface area contributed by atoms with E-state index in [1.165, 1.54) is 7.11 Å². The summed E-state index contributed by atoms with van der Waals surface area (Å²) in [5.41, 5.74) is 2.33. The zero-order valence-corrected chi connectivity index (χ0v) is 21.1. The van der Waals surface area contributed by atoms with Gasteiger partial charge >= 0.3 is 5.97 Å². The summed E-state index contributed by atoms with van der Waals surface area (Å²) in [6, 6.07) is 16.1. The molecule has 2 N–H and O–H groups in total. The Hall–Kier alpha value is -3.98. The molecule has 1 atom stereocenters. The van der Waals surface area contributed by atoms with Crippen LogP contribution in [-0.4, -0.2) is 61.5 Å². The Morgan fingerprint density at radius 3 is 2.51 bits per heavy atom. The second kappa shape index (κ2) is 12.3. The molecule has 2 aromatic carbocycles. The summed E-state index contributed by atoms with van der Waals surface area (Å²) in [5.74, 6) is -0.243. The maximum absolute atomic E-state index is 12.9. The van der Waals surface area contributed by atoms with Crippen molar-refractivity contribution >= 4 is 28.7 Å². The van der Waals surface area contributed by atoms with Gasteiger partial charge in [0.25, 0.3) is 0 Å². The van der Waals surface area contributed by atoms with Crippen LogP contribution in [0.3, 0.4) is 0 Å². The highest BCUT2D eigenvalue weighted by Gasteiger charge is 2.28. The second-order valence-electron chi connectivity index (χ2n) is 9.10. The van der Waals surface area contributed by atoms with Crippen LogP contribution in [0.15, 0.2) is 60.8 Å². The van der Waals surface area contributed by atoms with Crippen LogP contribution < -0.4 is 15.4 Å². The molecule has 1 aromatic heterocycles. The van der Waals surface area contributed by atoms with Crippen molar-refractivity contribution in [3.05, 3.63) is 71.9 Å². The third-order valence-electron chi connectivity index (χ3n) is 6.62. The van der Waals surface area contributed by atoms with Gasteiger partial charge in [-0.25, -0.2) is 4.79 Å². The van der Waals surface area contributed by atoms with Gasteiger partial charge in [0.2, 0.25) is 11.8 Å². The first-order valence-corrected chi connectivity index (χ1v) is 12.3. The normalized spacial score (nSPS) is 15.1.